The summed E-state index contributed by atoms with van der Waals surface area (Å²) in [6.45, 7) is 9.64. The number of hydrogen-bond donors (Lipinski definition) is 3. The molecule has 3 aromatic carbocycles. The van der Waals surface area contributed by atoms with Gasteiger partial charge in [-0.3, -0.25) is 9.59 Å². The average Bonchev–Trinajstić information content (AvgIpc) is 2.72. The van der Waals surface area contributed by atoms with Crippen molar-refractivity contribution in [1.29, 1.82) is 0 Å². The van der Waals surface area contributed by atoms with E-state index in [1.807, 2.05) is 101 Å². The van der Waals surface area contributed by atoms with Crippen LogP contribution in [0.25, 0.3) is 0 Å². The molecule has 0 spiro atoms. The van der Waals surface area contributed by atoms with E-state index in [4.69, 9.17) is 0 Å². The Hall–Kier alpha value is -3.60. The summed E-state index contributed by atoms with van der Waals surface area (Å²) in [5.41, 5.74) is 4.85. The molecule has 0 aliphatic rings. The van der Waals surface area contributed by atoms with E-state index in [-0.39, 0.29) is 11.8 Å². The first kappa shape index (κ1) is 23.1. The van der Waals surface area contributed by atoms with Gasteiger partial charge < -0.3 is 16.0 Å². The Morgan fingerprint density at radius 1 is 0.719 bits per heavy atom. The van der Waals surface area contributed by atoms with E-state index >= 15 is 0 Å². The molecular formula is C27H31N3O2. The predicted molar refractivity (Wildman–Crippen MR) is 132 cm³/mol. The second-order valence-electron chi connectivity index (χ2n) is 9.14. The van der Waals surface area contributed by atoms with Crippen LogP contribution in [-0.2, 0) is 9.59 Å². The number of amides is 2. The third-order valence-electron chi connectivity index (χ3n) is 5.02. The van der Waals surface area contributed by atoms with Gasteiger partial charge in [-0.1, -0.05) is 57.2 Å². The molecule has 0 aliphatic carbocycles. The quantitative estimate of drug-likeness (QED) is 0.445. The molecule has 166 valence electrons. The van der Waals surface area contributed by atoms with Crippen LogP contribution in [0.5, 0.6) is 0 Å². The number of rotatable bonds is 6. The standard InChI is InChI=1S/C27H31N3O2/c1-18-15-19(2)17-23(16-18)29-25(31)24(20-9-7-6-8-10-20)28-21-11-13-22(14-12-21)30-26(32)27(3,4)5/h6-17,24,28H,1-5H3,(H,29,31)(H,30,32). The lowest BCUT2D eigenvalue weighted by molar-refractivity contribution is -0.123. The smallest absolute Gasteiger partial charge is 0.251 e. The van der Waals surface area contributed by atoms with Crippen LogP contribution >= 0.6 is 0 Å². The van der Waals surface area contributed by atoms with E-state index in [9.17, 15) is 9.59 Å². The number of carbonyl (C=O) groups excluding carboxylic acids is 2. The van der Waals surface area contributed by atoms with Crippen LogP contribution in [0, 0.1) is 19.3 Å². The molecule has 1 atom stereocenters. The molecule has 0 radical (unpaired) electrons. The Labute approximate surface area is 190 Å². The number of nitrogens with one attached hydrogen (secondary N) is 3. The largest absolute Gasteiger partial charge is 0.370 e. The minimum Gasteiger partial charge on any atom is -0.370 e. The SMILES string of the molecule is Cc1cc(C)cc(NC(=O)C(Nc2ccc(NC(=O)C(C)(C)C)cc2)c2ccccc2)c1. The molecule has 0 saturated carbocycles. The summed E-state index contributed by atoms with van der Waals surface area (Å²) in [6, 6.07) is 22.4. The zero-order valence-electron chi connectivity index (χ0n) is 19.3. The second kappa shape index (κ2) is 9.69. The Balaban J connectivity index is 1.79. The second-order valence-corrected chi connectivity index (χ2v) is 9.14. The first-order chi connectivity index (χ1) is 15.1. The average molecular weight is 430 g/mol. The number of carbonyl (C=O) groups is 2. The van der Waals surface area contributed by atoms with Crippen molar-refractivity contribution >= 4 is 28.9 Å². The lowest BCUT2D eigenvalue weighted by Gasteiger charge is -2.21. The van der Waals surface area contributed by atoms with Gasteiger partial charge in [-0.15, -0.1) is 0 Å². The summed E-state index contributed by atoms with van der Waals surface area (Å²) >= 11 is 0. The van der Waals surface area contributed by atoms with Gasteiger partial charge in [-0.25, -0.2) is 0 Å². The van der Waals surface area contributed by atoms with Gasteiger partial charge in [-0.2, -0.15) is 0 Å². The maximum absolute atomic E-state index is 13.2. The van der Waals surface area contributed by atoms with Gasteiger partial charge in [-0.05, 0) is 66.9 Å². The Morgan fingerprint density at radius 3 is 1.84 bits per heavy atom. The van der Waals surface area contributed by atoms with Crippen molar-refractivity contribution in [3.8, 4) is 0 Å². The van der Waals surface area contributed by atoms with E-state index < -0.39 is 11.5 Å². The Bertz CT molecular complexity index is 1060. The normalized spacial score (nSPS) is 12.0. The molecule has 2 amide bonds. The minimum absolute atomic E-state index is 0.0480. The molecule has 1 unspecified atom stereocenters. The third kappa shape index (κ3) is 6.20. The topological polar surface area (TPSA) is 70.2 Å². The van der Waals surface area contributed by atoms with E-state index in [0.717, 1.165) is 28.1 Å². The monoisotopic (exact) mass is 429 g/mol. The summed E-state index contributed by atoms with van der Waals surface area (Å²) in [6.07, 6.45) is 0. The lowest BCUT2D eigenvalue weighted by atomic mass is 9.95. The summed E-state index contributed by atoms with van der Waals surface area (Å²) in [7, 11) is 0. The van der Waals surface area contributed by atoms with Crippen molar-refractivity contribution in [2.45, 2.75) is 40.7 Å². The summed E-state index contributed by atoms with van der Waals surface area (Å²) < 4.78 is 0. The number of anilines is 3. The van der Waals surface area contributed by atoms with Crippen LogP contribution in [0.4, 0.5) is 17.1 Å². The lowest BCUT2D eigenvalue weighted by Crippen LogP contribution is -2.28. The van der Waals surface area contributed by atoms with Gasteiger partial charge in [0.05, 0.1) is 0 Å². The number of aryl methyl sites for hydroxylation is 2. The first-order valence-corrected chi connectivity index (χ1v) is 10.7. The van der Waals surface area contributed by atoms with Crippen LogP contribution in [0.2, 0.25) is 0 Å². The highest BCUT2D eigenvalue weighted by Gasteiger charge is 2.22. The fourth-order valence-corrected chi connectivity index (χ4v) is 3.34. The molecule has 0 fully saturated rings. The number of benzene rings is 3. The fourth-order valence-electron chi connectivity index (χ4n) is 3.34. The van der Waals surface area contributed by atoms with Gasteiger partial charge in [0.25, 0.3) is 5.91 Å². The van der Waals surface area contributed by atoms with Gasteiger partial charge in [0.15, 0.2) is 0 Å². The van der Waals surface area contributed by atoms with Gasteiger partial charge in [0.1, 0.15) is 6.04 Å². The van der Waals surface area contributed by atoms with Crippen LogP contribution in [0.3, 0.4) is 0 Å². The van der Waals surface area contributed by atoms with E-state index in [1.54, 1.807) is 0 Å². The molecule has 0 aliphatic heterocycles. The van der Waals surface area contributed by atoms with Gasteiger partial charge in [0, 0.05) is 22.5 Å². The van der Waals surface area contributed by atoms with Crippen LogP contribution in [-0.4, -0.2) is 11.8 Å². The maximum Gasteiger partial charge on any atom is 0.251 e. The fraction of sp³-hybridized carbons (Fsp3) is 0.259. The zero-order chi connectivity index (χ0) is 23.3. The van der Waals surface area contributed by atoms with Crippen molar-refractivity contribution in [1.82, 2.24) is 0 Å². The molecule has 32 heavy (non-hydrogen) atoms. The summed E-state index contributed by atoms with van der Waals surface area (Å²) in [5.74, 6) is -0.195. The van der Waals surface area contributed by atoms with Crippen molar-refractivity contribution in [2.75, 3.05) is 16.0 Å². The van der Waals surface area contributed by atoms with Crippen LogP contribution < -0.4 is 16.0 Å². The molecule has 0 aromatic heterocycles. The van der Waals surface area contributed by atoms with Crippen molar-refractivity contribution in [3.05, 3.63) is 89.5 Å². The molecule has 3 rings (SSSR count). The van der Waals surface area contributed by atoms with Gasteiger partial charge in [0.2, 0.25) is 5.91 Å². The van der Waals surface area contributed by atoms with Gasteiger partial charge >= 0.3 is 0 Å². The summed E-state index contributed by atoms with van der Waals surface area (Å²) in [4.78, 5) is 25.4. The van der Waals surface area contributed by atoms with Crippen LogP contribution in [0.15, 0.2) is 72.8 Å². The minimum atomic E-state index is -0.577. The van der Waals surface area contributed by atoms with E-state index in [1.165, 1.54) is 0 Å². The van der Waals surface area contributed by atoms with Crippen molar-refractivity contribution in [3.63, 3.8) is 0 Å². The molecule has 0 saturated heterocycles. The van der Waals surface area contributed by atoms with Crippen molar-refractivity contribution < 1.29 is 9.59 Å². The predicted octanol–water partition coefficient (Wildman–Crippen LogP) is 6.08. The molecule has 5 heteroatoms. The Kier molecular flexibility index (Phi) is 6.98. The highest BCUT2D eigenvalue weighted by Crippen LogP contribution is 2.24. The maximum atomic E-state index is 13.2. The molecule has 3 aromatic rings. The molecular weight excluding hydrogens is 398 g/mol. The number of hydrogen-bond acceptors (Lipinski definition) is 3. The van der Waals surface area contributed by atoms with Crippen LogP contribution in [0.1, 0.15) is 43.5 Å². The first-order valence-electron chi connectivity index (χ1n) is 10.7. The summed E-state index contributed by atoms with van der Waals surface area (Å²) in [5, 5.41) is 9.28. The molecule has 5 nitrogen and oxygen atoms in total. The molecule has 3 N–H and O–H groups in total. The zero-order valence-corrected chi connectivity index (χ0v) is 19.3. The Morgan fingerprint density at radius 2 is 1.28 bits per heavy atom. The molecule has 0 heterocycles. The van der Waals surface area contributed by atoms with E-state index in [0.29, 0.717) is 5.69 Å². The van der Waals surface area contributed by atoms with E-state index in [2.05, 4.69) is 22.0 Å². The highest BCUT2D eigenvalue weighted by molar-refractivity contribution is 5.97. The highest BCUT2D eigenvalue weighted by atomic mass is 16.2. The third-order valence-corrected chi connectivity index (χ3v) is 5.02. The van der Waals surface area contributed by atoms with Crippen molar-refractivity contribution in [2.24, 2.45) is 5.41 Å². The molecule has 0 bridgehead atoms.